The largest absolute Gasteiger partial charge is 0.458 e. The number of aromatic nitrogens is 2. The van der Waals surface area contributed by atoms with Gasteiger partial charge in [-0.1, -0.05) is 17.7 Å². The Hall–Kier alpha value is -1.66. The highest BCUT2D eigenvalue weighted by Crippen LogP contribution is 2.18. The van der Waals surface area contributed by atoms with Crippen molar-refractivity contribution >= 4 is 28.8 Å². The number of nitrogens with zero attached hydrogens (tertiary/aromatic N) is 3. The van der Waals surface area contributed by atoms with E-state index >= 15 is 0 Å². The van der Waals surface area contributed by atoms with Gasteiger partial charge in [0.25, 0.3) is 0 Å². The minimum absolute atomic E-state index is 0.0674. The first kappa shape index (κ1) is 15.2. The third-order valence-electron chi connectivity index (χ3n) is 3.51. The van der Waals surface area contributed by atoms with Gasteiger partial charge in [0.15, 0.2) is 0 Å². The number of hydrogen-bond acceptors (Lipinski definition) is 5. The highest BCUT2D eigenvalue weighted by Gasteiger charge is 2.25. The first-order valence-corrected chi connectivity index (χ1v) is 8.41. The van der Waals surface area contributed by atoms with Crippen LogP contribution in [0, 0.1) is 0 Å². The monoisotopic (exact) mass is 337 g/mol. The molecule has 2 aromatic heterocycles. The van der Waals surface area contributed by atoms with Crippen molar-refractivity contribution in [2.24, 2.45) is 0 Å². The number of thiophene rings is 1. The van der Waals surface area contributed by atoms with Crippen LogP contribution in [0.25, 0.3) is 0 Å². The van der Waals surface area contributed by atoms with E-state index in [1.54, 1.807) is 11.3 Å². The Balaban J connectivity index is 1.56. The van der Waals surface area contributed by atoms with E-state index < -0.39 is 0 Å². The summed E-state index contributed by atoms with van der Waals surface area (Å²) in [5, 5.41) is 2.46. The fraction of sp³-hybridized carbons (Fsp3) is 0.400. The Morgan fingerprint density at radius 1 is 1.45 bits per heavy atom. The molecule has 2 aromatic rings. The van der Waals surface area contributed by atoms with Crippen LogP contribution in [0.1, 0.15) is 17.7 Å². The Morgan fingerprint density at radius 3 is 3.00 bits per heavy atom. The molecule has 0 spiro atoms. The van der Waals surface area contributed by atoms with E-state index in [-0.39, 0.29) is 12.0 Å². The van der Waals surface area contributed by atoms with Gasteiger partial charge in [-0.2, -0.15) is 0 Å². The number of carbonyl (C=O) groups excluding carboxylic acids is 1. The summed E-state index contributed by atoms with van der Waals surface area (Å²) in [6.07, 6.45) is 5.23. The van der Waals surface area contributed by atoms with Gasteiger partial charge >= 0.3 is 6.01 Å². The first-order chi connectivity index (χ1) is 10.7. The summed E-state index contributed by atoms with van der Waals surface area (Å²) >= 11 is 7.36. The van der Waals surface area contributed by atoms with Crippen molar-refractivity contribution in [1.29, 1.82) is 0 Å². The van der Waals surface area contributed by atoms with Crippen LogP contribution in [0.3, 0.4) is 0 Å². The third-order valence-corrected chi connectivity index (χ3v) is 4.58. The quantitative estimate of drug-likeness (QED) is 0.860. The smallest absolute Gasteiger partial charge is 0.316 e. The van der Waals surface area contributed by atoms with Gasteiger partial charge in [0.2, 0.25) is 5.91 Å². The summed E-state index contributed by atoms with van der Waals surface area (Å²) in [6.45, 7) is 1.36. The predicted molar refractivity (Wildman–Crippen MR) is 85.3 cm³/mol. The van der Waals surface area contributed by atoms with Crippen LogP contribution in [0.2, 0.25) is 5.02 Å². The number of piperidine rings is 1. The van der Waals surface area contributed by atoms with Gasteiger partial charge in [-0.05, 0) is 24.3 Å². The van der Waals surface area contributed by atoms with Crippen molar-refractivity contribution in [2.75, 3.05) is 13.1 Å². The minimum atomic E-state index is -0.0674. The van der Waals surface area contributed by atoms with Crippen LogP contribution in [-0.2, 0) is 11.2 Å². The third kappa shape index (κ3) is 3.96. The lowest BCUT2D eigenvalue weighted by Crippen LogP contribution is -2.45. The molecule has 3 rings (SSSR count). The minimum Gasteiger partial charge on any atom is -0.458 e. The molecule has 1 atom stereocenters. The summed E-state index contributed by atoms with van der Waals surface area (Å²) in [4.78, 5) is 23.4. The Bertz CT molecular complexity index is 618. The molecule has 5 nitrogen and oxygen atoms in total. The zero-order chi connectivity index (χ0) is 15.4. The zero-order valence-corrected chi connectivity index (χ0v) is 13.5. The van der Waals surface area contributed by atoms with Gasteiger partial charge in [-0.3, -0.25) is 4.79 Å². The van der Waals surface area contributed by atoms with Gasteiger partial charge in [-0.15, -0.1) is 11.3 Å². The van der Waals surface area contributed by atoms with E-state index in [9.17, 15) is 4.79 Å². The maximum atomic E-state index is 12.3. The molecule has 0 radical (unpaired) electrons. The maximum Gasteiger partial charge on any atom is 0.316 e. The number of hydrogen-bond donors (Lipinski definition) is 0. The molecule has 0 bridgehead atoms. The van der Waals surface area contributed by atoms with Crippen LogP contribution in [0.5, 0.6) is 6.01 Å². The van der Waals surface area contributed by atoms with Gasteiger partial charge < -0.3 is 9.64 Å². The fourth-order valence-corrected chi connectivity index (χ4v) is 3.24. The van der Waals surface area contributed by atoms with Crippen molar-refractivity contribution in [2.45, 2.75) is 25.4 Å². The molecule has 1 aliphatic rings. The van der Waals surface area contributed by atoms with Crippen LogP contribution in [-0.4, -0.2) is 40.0 Å². The summed E-state index contributed by atoms with van der Waals surface area (Å²) in [6, 6.07) is 4.26. The van der Waals surface area contributed by atoms with E-state index in [1.807, 2.05) is 22.4 Å². The van der Waals surface area contributed by atoms with Gasteiger partial charge in [0.1, 0.15) is 6.10 Å². The average Bonchev–Trinajstić information content (AvgIpc) is 3.03. The number of carbonyl (C=O) groups is 1. The molecule has 1 aliphatic heterocycles. The summed E-state index contributed by atoms with van der Waals surface area (Å²) in [5.41, 5.74) is 0. The van der Waals surface area contributed by atoms with Gasteiger partial charge in [-0.25, -0.2) is 9.97 Å². The van der Waals surface area contributed by atoms with Crippen molar-refractivity contribution < 1.29 is 9.53 Å². The van der Waals surface area contributed by atoms with Crippen LogP contribution < -0.4 is 4.74 Å². The second kappa shape index (κ2) is 7.07. The molecular formula is C15H16ClN3O2S. The second-order valence-electron chi connectivity index (χ2n) is 5.16. The normalized spacial score (nSPS) is 18.2. The molecule has 0 unspecified atom stereocenters. The lowest BCUT2D eigenvalue weighted by atomic mass is 10.1. The van der Waals surface area contributed by atoms with Crippen molar-refractivity contribution in [3.63, 3.8) is 0 Å². The standard InChI is InChI=1S/C15H16ClN3O2S/c16-11-8-17-15(18-9-11)21-12-3-1-5-19(10-12)14(20)7-13-4-2-6-22-13/h2,4,6,8-9,12H,1,3,5,7,10H2/t12-/m1/s1. The topological polar surface area (TPSA) is 55.3 Å². The molecule has 7 heteroatoms. The summed E-state index contributed by atoms with van der Waals surface area (Å²) in [7, 11) is 0. The first-order valence-electron chi connectivity index (χ1n) is 7.15. The second-order valence-corrected chi connectivity index (χ2v) is 6.63. The molecule has 1 saturated heterocycles. The van der Waals surface area contributed by atoms with Crippen molar-refractivity contribution in [3.8, 4) is 6.01 Å². The molecule has 3 heterocycles. The number of likely N-dealkylation sites (tertiary alicyclic amines) is 1. The Labute approximate surface area is 137 Å². The SMILES string of the molecule is O=C(Cc1cccs1)N1CCC[C@@H](Oc2ncc(Cl)cn2)C1. The Morgan fingerprint density at radius 2 is 2.27 bits per heavy atom. The van der Waals surface area contributed by atoms with Crippen LogP contribution >= 0.6 is 22.9 Å². The van der Waals surface area contributed by atoms with E-state index in [2.05, 4.69) is 9.97 Å². The lowest BCUT2D eigenvalue weighted by Gasteiger charge is -2.32. The molecule has 0 N–H and O–H groups in total. The predicted octanol–water partition coefficient (Wildman–Crippen LogP) is 2.80. The highest BCUT2D eigenvalue weighted by molar-refractivity contribution is 7.10. The van der Waals surface area contributed by atoms with Gasteiger partial charge in [0.05, 0.1) is 30.4 Å². The van der Waals surface area contributed by atoms with Crippen molar-refractivity contribution in [1.82, 2.24) is 14.9 Å². The molecular weight excluding hydrogens is 322 g/mol. The van der Waals surface area contributed by atoms with Gasteiger partial charge in [0, 0.05) is 11.4 Å². The number of ether oxygens (including phenoxy) is 1. The summed E-state index contributed by atoms with van der Waals surface area (Å²) < 4.78 is 5.75. The number of halogens is 1. The molecule has 22 heavy (non-hydrogen) atoms. The summed E-state index contributed by atoms with van der Waals surface area (Å²) in [5.74, 6) is 0.146. The fourth-order valence-electron chi connectivity index (χ4n) is 2.45. The molecule has 0 saturated carbocycles. The number of amides is 1. The zero-order valence-electron chi connectivity index (χ0n) is 11.9. The van der Waals surface area contributed by atoms with E-state index in [0.29, 0.717) is 24.0 Å². The molecule has 1 fully saturated rings. The molecule has 0 aliphatic carbocycles. The number of rotatable bonds is 4. The highest BCUT2D eigenvalue weighted by atomic mass is 35.5. The van der Waals surface area contributed by atoms with E-state index in [4.69, 9.17) is 16.3 Å². The molecule has 1 amide bonds. The van der Waals surface area contributed by atoms with E-state index in [0.717, 1.165) is 24.3 Å². The molecule has 116 valence electrons. The molecule has 0 aromatic carbocycles. The van der Waals surface area contributed by atoms with Crippen LogP contribution in [0.15, 0.2) is 29.9 Å². The maximum absolute atomic E-state index is 12.3. The lowest BCUT2D eigenvalue weighted by molar-refractivity contribution is -0.133. The Kier molecular flexibility index (Phi) is 4.90. The average molecular weight is 338 g/mol. The van der Waals surface area contributed by atoms with Crippen molar-refractivity contribution in [3.05, 3.63) is 39.8 Å². The van der Waals surface area contributed by atoms with E-state index in [1.165, 1.54) is 12.4 Å². The van der Waals surface area contributed by atoms with Crippen LogP contribution in [0.4, 0.5) is 0 Å².